The zero-order chi connectivity index (χ0) is 16.0. The number of aliphatic hydroxyl groups is 1. The molecule has 1 rings (SSSR count). The molecule has 0 spiro atoms. The maximum atomic E-state index is 11.9. The van der Waals surface area contributed by atoms with E-state index in [4.69, 9.17) is 4.74 Å². The fourth-order valence-corrected chi connectivity index (χ4v) is 2.17. The molecule has 0 saturated heterocycles. The van der Waals surface area contributed by atoms with Crippen molar-refractivity contribution in [1.82, 2.24) is 14.9 Å². The molecule has 1 aromatic rings. The number of ether oxygens (including phenoxy) is 1. The van der Waals surface area contributed by atoms with Crippen molar-refractivity contribution >= 4 is 6.09 Å². The molecule has 0 radical (unpaired) electrons. The first-order valence-corrected chi connectivity index (χ1v) is 7.40. The summed E-state index contributed by atoms with van der Waals surface area (Å²) >= 11 is 0. The van der Waals surface area contributed by atoms with E-state index in [0.29, 0.717) is 0 Å². The van der Waals surface area contributed by atoms with Gasteiger partial charge in [0.15, 0.2) is 0 Å². The minimum absolute atomic E-state index is 0.205. The van der Waals surface area contributed by atoms with E-state index in [1.807, 2.05) is 4.57 Å². The molecule has 6 nitrogen and oxygen atoms in total. The number of hydrogen-bond acceptors (Lipinski definition) is 4. The normalized spacial score (nSPS) is 14.6. The summed E-state index contributed by atoms with van der Waals surface area (Å²) in [6.45, 7) is 9.41. The number of aliphatic hydroxyl groups excluding tert-OH is 1. The summed E-state index contributed by atoms with van der Waals surface area (Å²) in [6, 6.07) is -0.261. The van der Waals surface area contributed by atoms with Crippen LogP contribution in [-0.4, -0.2) is 33.0 Å². The highest BCUT2D eigenvalue weighted by molar-refractivity contribution is 5.68. The molecule has 0 aliphatic heterocycles. The lowest BCUT2D eigenvalue weighted by molar-refractivity contribution is 0.0478. The Bertz CT molecular complexity index is 451. The van der Waals surface area contributed by atoms with Crippen molar-refractivity contribution in [2.24, 2.45) is 0 Å². The summed E-state index contributed by atoms with van der Waals surface area (Å²) in [6.07, 6.45) is 4.92. The number of aromatic nitrogens is 2. The van der Waals surface area contributed by atoms with Gasteiger partial charge in [0.05, 0.1) is 30.9 Å². The van der Waals surface area contributed by atoms with E-state index in [-0.39, 0.29) is 12.6 Å². The van der Waals surface area contributed by atoms with Gasteiger partial charge in [-0.05, 0) is 34.1 Å². The number of hydrogen-bond donors (Lipinski definition) is 2. The Balaban J connectivity index is 2.81. The molecule has 2 unspecified atom stereocenters. The van der Waals surface area contributed by atoms with Crippen LogP contribution in [0, 0.1) is 0 Å². The third-order valence-electron chi connectivity index (χ3n) is 3.11. The van der Waals surface area contributed by atoms with Gasteiger partial charge in [0.25, 0.3) is 0 Å². The molecule has 0 saturated carbocycles. The average Bonchev–Trinajstić information content (AvgIpc) is 2.83. The molecular weight excluding hydrogens is 270 g/mol. The van der Waals surface area contributed by atoms with Crippen molar-refractivity contribution in [3.8, 4) is 0 Å². The zero-order valence-corrected chi connectivity index (χ0v) is 13.6. The second-order valence-electron chi connectivity index (χ2n) is 6.24. The Morgan fingerprint density at radius 1 is 1.52 bits per heavy atom. The molecule has 0 aliphatic carbocycles. The third kappa shape index (κ3) is 5.38. The summed E-state index contributed by atoms with van der Waals surface area (Å²) in [5.74, 6) is 0. The summed E-state index contributed by atoms with van der Waals surface area (Å²) in [7, 11) is 0. The van der Waals surface area contributed by atoms with Gasteiger partial charge in [0.1, 0.15) is 5.60 Å². The van der Waals surface area contributed by atoms with Crippen molar-refractivity contribution in [3.63, 3.8) is 0 Å². The SMILES string of the molecule is CCCC(C)n1cncc1C(CO)NC(=O)OC(C)(C)C. The van der Waals surface area contributed by atoms with Crippen LogP contribution in [0.2, 0.25) is 0 Å². The zero-order valence-electron chi connectivity index (χ0n) is 13.6. The van der Waals surface area contributed by atoms with Crippen LogP contribution in [0.15, 0.2) is 12.5 Å². The minimum atomic E-state index is -0.570. The molecule has 6 heteroatoms. The quantitative estimate of drug-likeness (QED) is 0.846. The van der Waals surface area contributed by atoms with Crippen molar-refractivity contribution in [1.29, 1.82) is 0 Å². The van der Waals surface area contributed by atoms with E-state index < -0.39 is 17.7 Å². The summed E-state index contributed by atoms with van der Waals surface area (Å²) in [5, 5.41) is 12.3. The largest absolute Gasteiger partial charge is 0.444 e. The van der Waals surface area contributed by atoms with Gasteiger partial charge in [-0.1, -0.05) is 13.3 Å². The molecule has 2 N–H and O–H groups in total. The van der Waals surface area contributed by atoms with Crippen LogP contribution in [0.1, 0.15) is 65.2 Å². The minimum Gasteiger partial charge on any atom is -0.444 e. The number of alkyl carbamates (subject to hydrolysis) is 1. The van der Waals surface area contributed by atoms with Crippen molar-refractivity contribution in [2.75, 3.05) is 6.61 Å². The first-order chi connectivity index (χ1) is 9.78. The summed E-state index contributed by atoms with van der Waals surface area (Å²) in [4.78, 5) is 16.0. The van der Waals surface area contributed by atoms with Gasteiger partial charge in [0, 0.05) is 6.04 Å². The Morgan fingerprint density at radius 3 is 2.71 bits per heavy atom. The van der Waals surface area contributed by atoms with Gasteiger partial charge in [-0.2, -0.15) is 0 Å². The van der Waals surface area contributed by atoms with E-state index in [0.717, 1.165) is 18.5 Å². The number of nitrogens with one attached hydrogen (secondary N) is 1. The Kier molecular flexibility index (Phi) is 6.20. The summed E-state index contributed by atoms with van der Waals surface area (Å²) < 4.78 is 7.21. The lowest BCUT2D eigenvalue weighted by Gasteiger charge is -2.24. The van der Waals surface area contributed by atoms with Crippen LogP contribution in [0.25, 0.3) is 0 Å². The first kappa shape index (κ1) is 17.5. The maximum absolute atomic E-state index is 11.9. The average molecular weight is 297 g/mol. The monoisotopic (exact) mass is 297 g/mol. The highest BCUT2D eigenvalue weighted by Gasteiger charge is 2.23. The topological polar surface area (TPSA) is 76.4 Å². The smallest absolute Gasteiger partial charge is 0.408 e. The highest BCUT2D eigenvalue weighted by Crippen LogP contribution is 2.21. The number of rotatable bonds is 6. The van der Waals surface area contributed by atoms with Gasteiger partial charge >= 0.3 is 6.09 Å². The molecule has 2 atom stereocenters. The maximum Gasteiger partial charge on any atom is 0.408 e. The fourth-order valence-electron chi connectivity index (χ4n) is 2.17. The van der Waals surface area contributed by atoms with Crippen molar-refractivity contribution < 1.29 is 14.6 Å². The van der Waals surface area contributed by atoms with Gasteiger partial charge < -0.3 is 19.7 Å². The van der Waals surface area contributed by atoms with Crippen LogP contribution in [0.4, 0.5) is 4.79 Å². The Morgan fingerprint density at radius 2 is 2.19 bits per heavy atom. The number of imidazole rings is 1. The molecule has 0 aromatic carbocycles. The van der Waals surface area contributed by atoms with Crippen LogP contribution < -0.4 is 5.32 Å². The van der Waals surface area contributed by atoms with Crippen LogP contribution in [0.3, 0.4) is 0 Å². The second kappa shape index (κ2) is 7.45. The fraction of sp³-hybridized carbons (Fsp3) is 0.733. The Labute approximate surface area is 126 Å². The highest BCUT2D eigenvalue weighted by atomic mass is 16.6. The molecule has 0 fully saturated rings. The van der Waals surface area contributed by atoms with E-state index in [1.165, 1.54) is 0 Å². The predicted octanol–water partition coefficient (Wildman–Crippen LogP) is 2.80. The molecule has 1 heterocycles. The molecule has 120 valence electrons. The third-order valence-corrected chi connectivity index (χ3v) is 3.11. The second-order valence-corrected chi connectivity index (χ2v) is 6.24. The van der Waals surface area contributed by atoms with E-state index >= 15 is 0 Å². The lowest BCUT2D eigenvalue weighted by atomic mass is 10.1. The van der Waals surface area contributed by atoms with E-state index in [1.54, 1.807) is 33.3 Å². The van der Waals surface area contributed by atoms with E-state index in [2.05, 4.69) is 24.1 Å². The van der Waals surface area contributed by atoms with Crippen molar-refractivity contribution in [3.05, 3.63) is 18.2 Å². The van der Waals surface area contributed by atoms with Crippen LogP contribution >= 0.6 is 0 Å². The molecule has 0 bridgehead atoms. The molecular formula is C15H27N3O3. The summed E-state index contributed by atoms with van der Waals surface area (Å²) in [5.41, 5.74) is 0.212. The number of amides is 1. The molecule has 1 amide bonds. The Hall–Kier alpha value is -1.56. The molecule has 1 aromatic heterocycles. The van der Waals surface area contributed by atoms with Gasteiger partial charge in [-0.3, -0.25) is 0 Å². The number of carbonyl (C=O) groups is 1. The van der Waals surface area contributed by atoms with Gasteiger partial charge in [-0.25, -0.2) is 9.78 Å². The molecule has 0 aliphatic rings. The van der Waals surface area contributed by atoms with Gasteiger partial charge in [-0.15, -0.1) is 0 Å². The first-order valence-electron chi connectivity index (χ1n) is 7.40. The molecule has 21 heavy (non-hydrogen) atoms. The van der Waals surface area contributed by atoms with E-state index in [9.17, 15) is 9.90 Å². The van der Waals surface area contributed by atoms with Gasteiger partial charge in [0.2, 0.25) is 0 Å². The number of nitrogens with zero attached hydrogens (tertiary/aromatic N) is 2. The predicted molar refractivity (Wildman–Crippen MR) is 81.0 cm³/mol. The standard InChI is InChI=1S/C15H27N3O3/c1-6-7-11(2)18-10-16-8-13(18)12(9-19)17-14(20)21-15(3,4)5/h8,10-12,19H,6-7,9H2,1-5H3,(H,17,20). The van der Waals surface area contributed by atoms with Crippen molar-refractivity contribution in [2.45, 2.75) is 65.1 Å². The van der Waals surface area contributed by atoms with Crippen LogP contribution in [0.5, 0.6) is 0 Å². The lowest BCUT2D eigenvalue weighted by Crippen LogP contribution is -2.37. The van der Waals surface area contributed by atoms with Crippen LogP contribution in [-0.2, 0) is 4.74 Å². The number of carbonyl (C=O) groups excluding carboxylic acids is 1.